The van der Waals surface area contributed by atoms with Crippen LogP contribution < -0.4 is 4.74 Å². The molecule has 96 valence electrons. The molecule has 0 spiro atoms. The predicted octanol–water partition coefficient (Wildman–Crippen LogP) is 3.18. The quantitative estimate of drug-likeness (QED) is 0.826. The second kappa shape index (κ2) is 5.25. The molecule has 0 radical (unpaired) electrons. The van der Waals surface area contributed by atoms with Gasteiger partial charge in [0, 0.05) is 7.05 Å². The van der Waals surface area contributed by atoms with Gasteiger partial charge in [0.2, 0.25) is 0 Å². The fourth-order valence-electron chi connectivity index (χ4n) is 1.91. The number of aromatic nitrogens is 2. The second-order valence-electron chi connectivity index (χ2n) is 4.59. The van der Waals surface area contributed by atoms with E-state index in [1.807, 2.05) is 23.9 Å². The Bertz CT molecular complexity index is 543. The molecule has 2 aromatic rings. The van der Waals surface area contributed by atoms with Crippen molar-refractivity contribution in [3.63, 3.8) is 0 Å². The Balaban J connectivity index is 2.11. The molecule has 0 unspecified atom stereocenters. The molecule has 0 amide bonds. The Kier molecular flexibility index (Phi) is 3.70. The summed E-state index contributed by atoms with van der Waals surface area (Å²) < 4.78 is 7.77. The lowest BCUT2D eigenvalue weighted by atomic mass is 10.1. The van der Waals surface area contributed by atoms with E-state index in [1.165, 1.54) is 11.1 Å². The Morgan fingerprint density at radius 2 is 2.06 bits per heavy atom. The van der Waals surface area contributed by atoms with Crippen LogP contribution in [0.5, 0.6) is 5.75 Å². The molecule has 0 aliphatic heterocycles. The standard InChI is InChI=1S/C15H20N2O/c1-5-13-9-14(17(4)16-13)10-18-15-8-6-7-11(2)12(15)3/h6-9H,5,10H2,1-4H3. The van der Waals surface area contributed by atoms with Crippen LogP contribution in [0.25, 0.3) is 0 Å². The Morgan fingerprint density at radius 3 is 2.72 bits per heavy atom. The number of rotatable bonds is 4. The first kappa shape index (κ1) is 12.7. The third-order valence-electron chi connectivity index (χ3n) is 3.32. The van der Waals surface area contributed by atoms with Crippen molar-refractivity contribution < 1.29 is 4.74 Å². The van der Waals surface area contributed by atoms with Gasteiger partial charge in [-0.3, -0.25) is 4.68 Å². The van der Waals surface area contributed by atoms with Gasteiger partial charge in [-0.1, -0.05) is 19.1 Å². The molecule has 1 aromatic carbocycles. The first-order chi connectivity index (χ1) is 8.61. The maximum atomic E-state index is 5.88. The number of aryl methyl sites for hydroxylation is 3. The average molecular weight is 244 g/mol. The normalized spacial score (nSPS) is 10.7. The van der Waals surface area contributed by atoms with E-state index in [0.29, 0.717) is 6.61 Å². The number of hydrogen-bond donors (Lipinski definition) is 0. The summed E-state index contributed by atoms with van der Waals surface area (Å²) >= 11 is 0. The number of hydrogen-bond acceptors (Lipinski definition) is 2. The van der Waals surface area contributed by atoms with Crippen LogP contribution in [0.1, 0.15) is 29.4 Å². The van der Waals surface area contributed by atoms with Gasteiger partial charge < -0.3 is 4.74 Å². The molecule has 0 aliphatic rings. The van der Waals surface area contributed by atoms with E-state index in [4.69, 9.17) is 4.74 Å². The molecule has 0 fully saturated rings. The smallest absolute Gasteiger partial charge is 0.130 e. The van der Waals surface area contributed by atoms with Crippen molar-refractivity contribution in [3.8, 4) is 5.75 Å². The lowest BCUT2D eigenvalue weighted by Crippen LogP contribution is -2.04. The summed E-state index contributed by atoms with van der Waals surface area (Å²) in [6.45, 7) is 6.86. The van der Waals surface area contributed by atoms with Gasteiger partial charge in [0.1, 0.15) is 12.4 Å². The van der Waals surface area contributed by atoms with Crippen LogP contribution >= 0.6 is 0 Å². The monoisotopic (exact) mass is 244 g/mol. The number of ether oxygens (including phenoxy) is 1. The van der Waals surface area contributed by atoms with Gasteiger partial charge in [0.25, 0.3) is 0 Å². The lowest BCUT2D eigenvalue weighted by Gasteiger charge is -2.10. The van der Waals surface area contributed by atoms with Gasteiger partial charge >= 0.3 is 0 Å². The highest BCUT2D eigenvalue weighted by molar-refractivity contribution is 5.38. The third-order valence-corrected chi connectivity index (χ3v) is 3.32. The van der Waals surface area contributed by atoms with Gasteiger partial charge in [-0.2, -0.15) is 5.10 Å². The van der Waals surface area contributed by atoms with Gasteiger partial charge in [-0.25, -0.2) is 0 Å². The van der Waals surface area contributed by atoms with Crippen LogP contribution in [0.2, 0.25) is 0 Å². The summed E-state index contributed by atoms with van der Waals surface area (Å²) in [6, 6.07) is 8.24. The van der Waals surface area contributed by atoms with E-state index in [9.17, 15) is 0 Å². The zero-order valence-corrected chi connectivity index (χ0v) is 11.5. The Morgan fingerprint density at radius 1 is 1.28 bits per heavy atom. The molecular weight excluding hydrogens is 224 g/mol. The molecule has 1 heterocycles. The molecule has 2 rings (SSSR count). The van der Waals surface area contributed by atoms with Crippen molar-refractivity contribution in [2.24, 2.45) is 7.05 Å². The molecule has 0 bridgehead atoms. The van der Waals surface area contributed by atoms with Gasteiger partial charge in [-0.05, 0) is 43.5 Å². The second-order valence-corrected chi connectivity index (χ2v) is 4.59. The molecule has 3 heteroatoms. The van der Waals surface area contributed by atoms with Crippen LogP contribution in [0.4, 0.5) is 0 Å². The van der Waals surface area contributed by atoms with E-state index in [-0.39, 0.29) is 0 Å². The molecular formula is C15H20N2O. The van der Waals surface area contributed by atoms with Crippen molar-refractivity contribution >= 4 is 0 Å². The zero-order chi connectivity index (χ0) is 13.1. The maximum absolute atomic E-state index is 5.88. The van der Waals surface area contributed by atoms with Crippen molar-refractivity contribution in [1.29, 1.82) is 0 Å². The molecule has 0 saturated heterocycles. The Labute approximate surface area is 108 Å². The van der Waals surface area contributed by atoms with Gasteiger partial charge in [-0.15, -0.1) is 0 Å². The Hall–Kier alpha value is -1.77. The minimum absolute atomic E-state index is 0.563. The van der Waals surface area contributed by atoms with E-state index >= 15 is 0 Å². The summed E-state index contributed by atoms with van der Waals surface area (Å²) in [6.07, 6.45) is 0.956. The lowest BCUT2D eigenvalue weighted by molar-refractivity contribution is 0.292. The highest BCUT2D eigenvalue weighted by atomic mass is 16.5. The van der Waals surface area contributed by atoms with Crippen molar-refractivity contribution in [1.82, 2.24) is 9.78 Å². The summed E-state index contributed by atoms with van der Waals surface area (Å²) in [5.74, 6) is 0.953. The molecule has 0 atom stereocenters. The highest BCUT2D eigenvalue weighted by Gasteiger charge is 2.06. The summed E-state index contributed by atoms with van der Waals surface area (Å²) in [7, 11) is 1.96. The first-order valence-electron chi connectivity index (χ1n) is 6.32. The maximum Gasteiger partial charge on any atom is 0.130 e. The summed E-state index contributed by atoms with van der Waals surface area (Å²) in [5, 5.41) is 4.42. The van der Waals surface area contributed by atoms with Crippen molar-refractivity contribution in [2.45, 2.75) is 33.8 Å². The van der Waals surface area contributed by atoms with E-state index in [1.54, 1.807) is 0 Å². The van der Waals surface area contributed by atoms with Crippen LogP contribution in [0.3, 0.4) is 0 Å². The van der Waals surface area contributed by atoms with Crippen LogP contribution in [-0.2, 0) is 20.1 Å². The largest absolute Gasteiger partial charge is 0.487 e. The molecule has 1 aromatic heterocycles. The fraction of sp³-hybridized carbons (Fsp3) is 0.400. The van der Waals surface area contributed by atoms with E-state index in [0.717, 1.165) is 23.6 Å². The molecule has 0 N–H and O–H groups in total. The summed E-state index contributed by atoms with van der Waals surface area (Å²) in [5.41, 5.74) is 4.67. The van der Waals surface area contributed by atoms with Gasteiger partial charge in [0.05, 0.1) is 11.4 Å². The number of benzene rings is 1. The van der Waals surface area contributed by atoms with Crippen LogP contribution in [-0.4, -0.2) is 9.78 Å². The third kappa shape index (κ3) is 2.55. The summed E-state index contributed by atoms with van der Waals surface area (Å²) in [4.78, 5) is 0. The van der Waals surface area contributed by atoms with Crippen LogP contribution in [0.15, 0.2) is 24.3 Å². The predicted molar refractivity (Wildman–Crippen MR) is 72.8 cm³/mol. The van der Waals surface area contributed by atoms with Crippen molar-refractivity contribution in [2.75, 3.05) is 0 Å². The topological polar surface area (TPSA) is 27.1 Å². The number of nitrogens with zero attached hydrogens (tertiary/aromatic N) is 2. The van der Waals surface area contributed by atoms with E-state index < -0.39 is 0 Å². The molecule has 3 nitrogen and oxygen atoms in total. The van der Waals surface area contributed by atoms with E-state index in [2.05, 4.69) is 38.0 Å². The molecule has 0 saturated carbocycles. The minimum atomic E-state index is 0.563. The zero-order valence-electron chi connectivity index (χ0n) is 11.5. The average Bonchev–Trinajstić information content (AvgIpc) is 2.72. The van der Waals surface area contributed by atoms with Crippen molar-refractivity contribution in [3.05, 3.63) is 46.8 Å². The molecule has 18 heavy (non-hydrogen) atoms. The highest BCUT2D eigenvalue weighted by Crippen LogP contribution is 2.21. The fourth-order valence-corrected chi connectivity index (χ4v) is 1.91. The van der Waals surface area contributed by atoms with Crippen LogP contribution in [0, 0.1) is 13.8 Å². The molecule has 0 aliphatic carbocycles. The first-order valence-corrected chi connectivity index (χ1v) is 6.32. The minimum Gasteiger partial charge on any atom is -0.487 e. The SMILES string of the molecule is CCc1cc(COc2cccc(C)c2C)n(C)n1. The van der Waals surface area contributed by atoms with Gasteiger partial charge in [0.15, 0.2) is 0 Å².